The summed E-state index contributed by atoms with van der Waals surface area (Å²) in [5, 5.41) is 0. The Hall–Kier alpha value is 1.15. The molecule has 3 nitrogen and oxygen atoms in total. The smallest absolute Gasteiger partial charge is 0.0533 e. The Balaban J connectivity index is -0.000000140. The van der Waals surface area contributed by atoms with Gasteiger partial charge < -0.3 is 12.5 Å². The van der Waals surface area contributed by atoms with Crippen molar-refractivity contribution in [3.8, 4) is 0 Å². The van der Waals surface area contributed by atoms with Crippen molar-refractivity contribution in [2.75, 3.05) is 20.4 Å². The summed E-state index contributed by atoms with van der Waals surface area (Å²) in [6, 6.07) is 1.39. The predicted octanol–water partition coefficient (Wildman–Crippen LogP) is 1.76. The zero-order valence-electron chi connectivity index (χ0n) is 8.39. The Kier molecular flexibility index (Phi) is 44.2. The number of thiol groups is 3. The summed E-state index contributed by atoms with van der Waals surface area (Å²) in [7, 11) is 3.09. The molecule has 0 unspecified atom stereocenters. The van der Waals surface area contributed by atoms with E-state index in [1.807, 2.05) is 0 Å². The normalized spacial score (nSPS) is 8.77. The van der Waals surface area contributed by atoms with Crippen LogP contribution >= 0.6 is 38.7 Å². The van der Waals surface area contributed by atoms with E-state index in [2.05, 4.69) is 58.2 Å². The quantitative estimate of drug-likeness (QED) is 0.313. The van der Waals surface area contributed by atoms with Crippen LogP contribution in [0, 0.1) is 0 Å². The largest absolute Gasteiger partial charge is 0.323 e. The fraction of sp³-hybridized carbons (Fsp3) is 1.00. The van der Waals surface area contributed by atoms with Gasteiger partial charge in [-0.25, -0.2) is 0 Å². The second-order valence-corrected chi connectivity index (χ2v) is 4.72. The van der Waals surface area contributed by atoms with Gasteiger partial charge in [-0.2, -0.15) is 0 Å². The van der Waals surface area contributed by atoms with Crippen molar-refractivity contribution in [3.05, 3.63) is 0 Å². The van der Waals surface area contributed by atoms with Gasteiger partial charge in [0.05, 0.1) is 9.52 Å². The van der Waals surface area contributed by atoms with E-state index in [0.29, 0.717) is 0 Å². The van der Waals surface area contributed by atoms with Crippen LogP contribution in [0.5, 0.6) is 0 Å². The average molecular weight is 265 g/mol. The van der Waals surface area contributed by atoms with Crippen molar-refractivity contribution in [2.45, 2.75) is 19.4 Å². The minimum Gasteiger partial charge on any atom is -0.323 e. The van der Waals surface area contributed by atoms with Crippen LogP contribution in [0.1, 0.15) is 13.3 Å². The first-order chi connectivity index (χ1) is 6.24. The van der Waals surface area contributed by atoms with Gasteiger partial charge in [0, 0.05) is 20.4 Å². The molecule has 0 aromatic heterocycles. The molecule has 84 valence electrons. The molecule has 7 heteroatoms. The first kappa shape index (κ1) is 19.7. The second kappa shape index (κ2) is 29.2. The van der Waals surface area contributed by atoms with Gasteiger partial charge in [-0.1, -0.05) is 19.4 Å². The van der Waals surface area contributed by atoms with Gasteiger partial charge in [-0.3, -0.25) is 0 Å². The summed E-state index contributed by atoms with van der Waals surface area (Å²) in [5.74, 6) is 0. The molecule has 0 saturated heterocycles. The molecule has 0 atom stereocenters. The predicted molar refractivity (Wildman–Crippen MR) is 70.6 cm³/mol. The summed E-state index contributed by atoms with van der Waals surface area (Å²) >= 11 is 10.2. The van der Waals surface area contributed by atoms with Gasteiger partial charge in [0.1, 0.15) is 0 Å². The van der Waals surface area contributed by atoms with Gasteiger partial charge in [0.15, 0.2) is 0 Å². The highest BCUT2D eigenvalue weighted by molar-refractivity contribution is 7.75. The van der Waals surface area contributed by atoms with E-state index in [0.717, 1.165) is 6.23 Å². The third-order valence-electron chi connectivity index (χ3n) is 0.839. The Morgan fingerprint density at radius 1 is 1.08 bits per heavy atom. The molecule has 13 heavy (non-hydrogen) atoms. The maximum Gasteiger partial charge on any atom is 0.0533 e. The molecule has 0 amide bonds. The molecule has 0 saturated carbocycles. The number of hydrogen-bond acceptors (Lipinski definition) is 6. The lowest BCUT2D eigenvalue weighted by molar-refractivity contribution is 0.463. The second-order valence-electron chi connectivity index (χ2n) is 1.91. The van der Waals surface area contributed by atoms with E-state index in [9.17, 15) is 0 Å². The highest BCUT2D eigenvalue weighted by Gasteiger charge is 1.82. The minimum absolute atomic E-state index is 0.113. The first-order valence-electron chi connectivity index (χ1n) is 3.86. The van der Waals surface area contributed by atoms with E-state index in [1.54, 1.807) is 0 Å². The fourth-order valence-electron chi connectivity index (χ4n) is 0.417. The zero-order valence-corrected chi connectivity index (χ0v) is 12.5. The van der Waals surface area contributed by atoms with Gasteiger partial charge in [-0.05, 0) is 38.7 Å². The van der Waals surface area contributed by atoms with E-state index in [1.165, 1.54) is 26.7 Å². The maximum absolute atomic E-state index is 4.60. The summed E-state index contributed by atoms with van der Waals surface area (Å²) in [6.07, 6.45) is 2.24. The van der Waals surface area contributed by atoms with Crippen molar-refractivity contribution in [2.24, 2.45) is 0 Å². The molecule has 0 N–H and O–H groups in total. The van der Waals surface area contributed by atoms with Crippen molar-refractivity contribution < 1.29 is 12.5 Å². The van der Waals surface area contributed by atoms with Crippen LogP contribution in [-0.4, -0.2) is 30.0 Å². The molecule has 0 bridgehead atoms. The third-order valence-corrected chi connectivity index (χ3v) is 3.07. The van der Waals surface area contributed by atoms with Crippen LogP contribution in [0.4, 0.5) is 0 Å². The van der Waals surface area contributed by atoms with Crippen LogP contribution in [0.25, 0.3) is 0 Å². The lowest BCUT2D eigenvalue weighted by Crippen LogP contribution is -1.95. The van der Waals surface area contributed by atoms with Crippen molar-refractivity contribution in [1.29, 1.82) is 0 Å². The van der Waals surface area contributed by atoms with Gasteiger partial charge >= 0.3 is 0 Å². The summed E-state index contributed by atoms with van der Waals surface area (Å²) in [4.78, 5) is 0. The Morgan fingerprint density at radius 2 is 1.46 bits per heavy atom. The molecular formula is C6H20O3S3Si. The topological polar surface area (TPSA) is 27.7 Å². The monoisotopic (exact) mass is 264 g/mol. The molecule has 0 aliphatic rings. The van der Waals surface area contributed by atoms with Crippen LogP contribution in [-0.2, 0) is 12.5 Å². The molecule has 0 spiro atoms. The van der Waals surface area contributed by atoms with E-state index >= 15 is 0 Å². The molecule has 0 aromatic carbocycles. The molecule has 0 aliphatic carbocycles. The highest BCUT2D eigenvalue weighted by Crippen LogP contribution is 1.85. The molecule has 0 fully saturated rings. The summed E-state index contributed by atoms with van der Waals surface area (Å²) in [6.45, 7) is 2.20. The van der Waals surface area contributed by atoms with Crippen LogP contribution < -0.4 is 0 Å². The van der Waals surface area contributed by atoms with Gasteiger partial charge in [-0.15, -0.1) is 0 Å². The highest BCUT2D eigenvalue weighted by atomic mass is 32.1. The standard InChI is InChI=1S/C4H12OSSi.2CH4OS/c1-2-3-7-4-5-6;2*1-2-3/h6H,2-4,7H2,1H3;2*3H,1H3. The number of rotatable bonds is 4. The molecule has 0 aliphatic heterocycles. The molecule has 0 aromatic rings. The molecular weight excluding hydrogens is 244 g/mol. The zero-order chi connectivity index (χ0) is 10.9. The Morgan fingerprint density at radius 3 is 1.69 bits per heavy atom. The van der Waals surface area contributed by atoms with Crippen LogP contribution in [0.2, 0.25) is 6.04 Å². The lowest BCUT2D eigenvalue weighted by atomic mass is 10.6. The number of hydrogen-bond donors (Lipinski definition) is 3. The van der Waals surface area contributed by atoms with E-state index in [4.69, 9.17) is 0 Å². The average Bonchev–Trinajstić information content (AvgIpc) is 2.08. The van der Waals surface area contributed by atoms with Crippen LogP contribution in [0.15, 0.2) is 0 Å². The fourth-order valence-corrected chi connectivity index (χ4v) is 1.64. The molecule has 0 rings (SSSR count). The van der Waals surface area contributed by atoms with Crippen molar-refractivity contribution in [3.63, 3.8) is 0 Å². The first-order valence-corrected chi connectivity index (χ1v) is 6.96. The minimum atomic E-state index is 0.113. The van der Waals surface area contributed by atoms with Crippen molar-refractivity contribution in [1.82, 2.24) is 0 Å². The Labute approximate surface area is 101 Å². The summed E-state index contributed by atoms with van der Waals surface area (Å²) in [5.41, 5.74) is 0. The SMILES string of the molecule is CCC[SiH2]COS.COS.COS. The summed E-state index contributed by atoms with van der Waals surface area (Å²) < 4.78 is 12.5. The lowest BCUT2D eigenvalue weighted by Gasteiger charge is -1.90. The van der Waals surface area contributed by atoms with E-state index in [-0.39, 0.29) is 9.52 Å². The van der Waals surface area contributed by atoms with Crippen LogP contribution in [0.3, 0.4) is 0 Å². The maximum atomic E-state index is 4.60. The Bertz CT molecular complexity index is 56.4. The third kappa shape index (κ3) is 61.7. The van der Waals surface area contributed by atoms with Gasteiger partial charge in [0.2, 0.25) is 0 Å². The molecule has 0 radical (unpaired) electrons. The van der Waals surface area contributed by atoms with E-state index < -0.39 is 0 Å². The molecule has 0 heterocycles. The van der Waals surface area contributed by atoms with Crippen molar-refractivity contribution >= 4 is 48.2 Å². The van der Waals surface area contributed by atoms with Gasteiger partial charge in [0.25, 0.3) is 0 Å².